The molecular weight excluding hydrogens is 422 g/mol. The van der Waals surface area contributed by atoms with Crippen molar-refractivity contribution in [3.63, 3.8) is 0 Å². The third-order valence-electron chi connectivity index (χ3n) is 4.62. The first-order valence-electron chi connectivity index (χ1n) is 9.64. The lowest BCUT2D eigenvalue weighted by molar-refractivity contribution is -0.113. The standard InChI is InChI=1S/C20H23N5O5S/c1-5-25-15-16(23(3)20(29)24(4)17(15)27)22-19(25)31-11-14(26)21-13-9-7-8-12(10-13)18(28)30-6-2/h7-10H,5-6,11H2,1-4H3,(H,21,26). The summed E-state index contributed by atoms with van der Waals surface area (Å²) in [4.78, 5) is 53.5. The second-order valence-corrected chi connectivity index (χ2v) is 7.60. The first-order chi connectivity index (χ1) is 14.8. The number of fused-ring (bicyclic) bond motifs is 1. The Bertz CT molecular complexity index is 1270. The first kappa shape index (κ1) is 22.3. The Morgan fingerprint density at radius 3 is 2.58 bits per heavy atom. The van der Waals surface area contributed by atoms with E-state index in [9.17, 15) is 19.2 Å². The van der Waals surface area contributed by atoms with Gasteiger partial charge in [0.05, 0.1) is 17.9 Å². The number of carbonyl (C=O) groups excluding carboxylic acids is 2. The second kappa shape index (κ2) is 9.21. The predicted molar refractivity (Wildman–Crippen MR) is 118 cm³/mol. The molecule has 0 spiro atoms. The van der Waals surface area contributed by atoms with E-state index >= 15 is 0 Å². The summed E-state index contributed by atoms with van der Waals surface area (Å²) in [6, 6.07) is 6.48. The number of carbonyl (C=O) groups is 2. The van der Waals surface area contributed by atoms with E-state index in [1.54, 1.807) is 42.8 Å². The lowest BCUT2D eigenvalue weighted by atomic mass is 10.2. The molecule has 0 bridgehead atoms. The number of rotatable bonds is 7. The van der Waals surface area contributed by atoms with Crippen LogP contribution in [0.15, 0.2) is 39.0 Å². The molecule has 0 aliphatic carbocycles. The molecule has 3 rings (SSSR count). The molecule has 0 saturated carbocycles. The number of esters is 1. The molecule has 0 fully saturated rings. The molecule has 1 amide bonds. The molecule has 164 valence electrons. The SMILES string of the molecule is CCOC(=O)c1cccc(NC(=O)CSc2nc3c(c(=O)n(C)c(=O)n3C)n2CC)c1. The molecule has 11 heteroatoms. The summed E-state index contributed by atoms with van der Waals surface area (Å²) in [5.41, 5.74) is 0.513. The van der Waals surface area contributed by atoms with E-state index in [2.05, 4.69) is 10.3 Å². The van der Waals surface area contributed by atoms with Crippen LogP contribution in [-0.4, -0.2) is 42.9 Å². The quantitative estimate of drug-likeness (QED) is 0.431. The Labute approximate surface area is 181 Å². The number of hydrogen-bond donors (Lipinski definition) is 1. The Morgan fingerprint density at radius 1 is 1.16 bits per heavy atom. The van der Waals surface area contributed by atoms with Crippen molar-refractivity contribution in [2.75, 3.05) is 17.7 Å². The van der Waals surface area contributed by atoms with Crippen LogP contribution in [0.4, 0.5) is 5.69 Å². The monoisotopic (exact) mass is 445 g/mol. The Morgan fingerprint density at radius 2 is 1.90 bits per heavy atom. The molecule has 2 aromatic heterocycles. The summed E-state index contributed by atoms with van der Waals surface area (Å²) in [7, 11) is 2.97. The number of aryl methyl sites for hydroxylation is 2. The number of thioether (sulfide) groups is 1. The zero-order chi connectivity index (χ0) is 22.7. The van der Waals surface area contributed by atoms with Gasteiger partial charge in [-0.3, -0.25) is 18.7 Å². The number of imidazole rings is 1. The van der Waals surface area contributed by atoms with Crippen LogP contribution < -0.4 is 16.6 Å². The van der Waals surface area contributed by atoms with E-state index in [0.29, 0.717) is 28.5 Å². The third-order valence-corrected chi connectivity index (χ3v) is 5.60. The maximum Gasteiger partial charge on any atom is 0.338 e. The lowest BCUT2D eigenvalue weighted by Crippen LogP contribution is -2.37. The number of aromatic nitrogens is 4. The fourth-order valence-corrected chi connectivity index (χ4v) is 3.96. The molecule has 0 saturated heterocycles. The third kappa shape index (κ3) is 4.41. The van der Waals surface area contributed by atoms with Crippen LogP contribution in [0.5, 0.6) is 0 Å². The van der Waals surface area contributed by atoms with Gasteiger partial charge in [-0.25, -0.2) is 14.6 Å². The molecule has 3 aromatic rings. The van der Waals surface area contributed by atoms with Crippen molar-refractivity contribution in [1.82, 2.24) is 18.7 Å². The van der Waals surface area contributed by atoms with Gasteiger partial charge < -0.3 is 14.6 Å². The molecule has 0 radical (unpaired) electrons. The van der Waals surface area contributed by atoms with Crippen molar-refractivity contribution in [2.45, 2.75) is 25.5 Å². The van der Waals surface area contributed by atoms with E-state index < -0.39 is 17.2 Å². The summed E-state index contributed by atoms with van der Waals surface area (Å²) in [5.74, 6) is -0.736. The van der Waals surface area contributed by atoms with Gasteiger partial charge in [0.25, 0.3) is 5.56 Å². The summed E-state index contributed by atoms with van der Waals surface area (Å²) < 4.78 is 9.01. The average molecular weight is 446 g/mol. The fourth-order valence-electron chi connectivity index (χ4n) is 3.10. The second-order valence-electron chi connectivity index (χ2n) is 6.65. The molecule has 1 N–H and O–H groups in total. The van der Waals surface area contributed by atoms with Crippen LogP contribution >= 0.6 is 11.8 Å². The molecule has 0 aliphatic heterocycles. The minimum atomic E-state index is -0.464. The summed E-state index contributed by atoms with van der Waals surface area (Å²) in [6.45, 7) is 4.30. The highest BCUT2D eigenvalue weighted by Gasteiger charge is 2.19. The van der Waals surface area contributed by atoms with Gasteiger partial charge >= 0.3 is 11.7 Å². The van der Waals surface area contributed by atoms with Gasteiger partial charge in [-0.15, -0.1) is 0 Å². The highest BCUT2D eigenvalue weighted by Crippen LogP contribution is 2.22. The van der Waals surface area contributed by atoms with Crippen LogP contribution in [0.25, 0.3) is 11.2 Å². The van der Waals surface area contributed by atoms with Crippen molar-refractivity contribution >= 4 is 40.5 Å². The van der Waals surface area contributed by atoms with Gasteiger partial charge in [0.2, 0.25) is 5.91 Å². The van der Waals surface area contributed by atoms with Crippen molar-refractivity contribution in [3.8, 4) is 0 Å². The number of benzene rings is 1. The highest BCUT2D eigenvalue weighted by atomic mass is 32.2. The van der Waals surface area contributed by atoms with Crippen LogP contribution in [0.1, 0.15) is 24.2 Å². The molecular formula is C20H23N5O5S. The largest absolute Gasteiger partial charge is 0.462 e. The number of amides is 1. The lowest BCUT2D eigenvalue weighted by Gasteiger charge is -2.08. The van der Waals surface area contributed by atoms with Crippen LogP contribution in [0.3, 0.4) is 0 Å². The molecule has 0 aliphatic rings. The van der Waals surface area contributed by atoms with Gasteiger partial charge in [0, 0.05) is 26.3 Å². The van der Waals surface area contributed by atoms with Gasteiger partial charge in [0.15, 0.2) is 16.3 Å². The number of anilines is 1. The topological polar surface area (TPSA) is 117 Å². The van der Waals surface area contributed by atoms with E-state index in [1.807, 2.05) is 6.92 Å². The van der Waals surface area contributed by atoms with Crippen LogP contribution in [0.2, 0.25) is 0 Å². The minimum absolute atomic E-state index is 0.0290. The fraction of sp³-hybridized carbons (Fsp3) is 0.350. The number of nitrogens with one attached hydrogen (secondary N) is 1. The highest BCUT2D eigenvalue weighted by molar-refractivity contribution is 7.99. The van der Waals surface area contributed by atoms with E-state index in [4.69, 9.17) is 4.74 Å². The summed E-state index contributed by atoms with van der Waals surface area (Å²) in [5, 5.41) is 3.20. The average Bonchev–Trinajstić information content (AvgIpc) is 3.14. The molecule has 10 nitrogen and oxygen atoms in total. The van der Waals surface area contributed by atoms with Gasteiger partial charge in [-0.2, -0.15) is 0 Å². The number of nitrogens with zero attached hydrogens (tertiary/aromatic N) is 4. The minimum Gasteiger partial charge on any atom is -0.462 e. The van der Waals surface area contributed by atoms with E-state index in [-0.39, 0.29) is 23.9 Å². The predicted octanol–water partition coefficient (Wildman–Crippen LogP) is 1.36. The van der Waals surface area contributed by atoms with Crippen molar-refractivity contribution in [1.29, 1.82) is 0 Å². The first-order valence-corrected chi connectivity index (χ1v) is 10.6. The maximum absolute atomic E-state index is 12.6. The maximum atomic E-state index is 12.6. The number of ether oxygens (including phenoxy) is 1. The molecule has 2 heterocycles. The van der Waals surface area contributed by atoms with Crippen molar-refractivity contribution in [3.05, 3.63) is 50.7 Å². The Balaban J connectivity index is 1.80. The van der Waals surface area contributed by atoms with Crippen LogP contribution in [0, 0.1) is 0 Å². The molecule has 1 aromatic carbocycles. The van der Waals surface area contributed by atoms with Crippen molar-refractivity contribution < 1.29 is 14.3 Å². The Hall–Kier alpha value is -3.34. The van der Waals surface area contributed by atoms with E-state index in [1.165, 1.54) is 11.6 Å². The van der Waals surface area contributed by atoms with Gasteiger partial charge in [-0.05, 0) is 32.0 Å². The smallest absolute Gasteiger partial charge is 0.338 e. The zero-order valence-electron chi connectivity index (χ0n) is 17.7. The number of hydrogen-bond acceptors (Lipinski definition) is 7. The molecule has 0 unspecified atom stereocenters. The van der Waals surface area contributed by atoms with Gasteiger partial charge in [0.1, 0.15) is 0 Å². The zero-order valence-corrected chi connectivity index (χ0v) is 18.5. The van der Waals surface area contributed by atoms with E-state index in [0.717, 1.165) is 16.3 Å². The van der Waals surface area contributed by atoms with Crippen LogP contribution in [-0.2, 0) is 30.2 Å². The van der Waals surface area contributed by atoms with Gasteiger partial charge in [-0.1, -0.05) is 17.8 Å². The summed E-state index contributed by atoms with van der Waals surface area (Å²) in [6.07, 6.45) is 0. The molecule has 0 atom stereocenters. The summed E-state index contributed by atoms with van der Waals surface area (Å²) >= 11 is 1.16. The normalized spacial score (nSPS) is 11.0. The Kier molecular flexibility index (Phi) is 6.64. The van der Waals surface area contributed by atoms with Crippen molar-refractivity contribution in [2.24, 2.45) is 14.1 Å². The molecule has 31 heavy (non-hydrogen) atoms.